The summed E-state index contributed by atoms with van der Waals surface area (Å²) in [4.78, 5) is 0. The monoisotopic (exact) mass is 1020 g/mol. The molecule has 0 aromatic carbocycles. The number of hydrogen-bond donors (Lipinski definition) is 4. The average molecular weight is 1020 g/mol. The van der Waals surface area contributed by atoms with Gasteiger partial charge in [-0.25, -0.2) is 52.6 Å². The highest BCUT2D eigenvalue weighted by Crippen LogP contribution is 2.40. The van der Waals surface area contributed by atoms with Crippen LogP contribution in [-0.2, 0) is 40.1 Å². The van der Waals surface area contributed by atoms with E-state index in [0.717, 1.165) is 128 Å². The van der Waals surface area contributed by atoms with E-state index in [4.69, 9.17) is 21.0 Å². The molecule has 0 aliphatic heterocycles. The van der Waals surface area contributed by atoms with E-state index < -0.39 is 55.2 Å². The zero-order valence-electron chi connectivity index (χ0n) is 41.0. The summed E-state index contributed by atoms with van der Waals surface area (Å²) in [6.07, 6.45) is 22.6. The van der Waals surface area contributed by atoms with Crippen molar-refractivity contribution in [1.82, 2.24) is 18.9 Å². The van der Waals surface area contributed by atoms with Gasteiger partial charge in [0.05, 0.1) is 24.3 Å². The smallest absolute Gasteiger partial charge is 0.215 e. The Morgan fingerprint density at radius 2 is 0.582 bits per heavy atom. The second-order valence-electron chi connectivity index (χ2n) is 17.8. The molecule has 0 spiro atoms. The zero-order chi connectivity index (χ0) is 50.0. The van der Waals surface area contributed by atoms with E-state index >= 15 is 25.3 Å². The maximum absolute atomic E-state index is 15.1. The molecule has 0 saturated carbocycles. The maximum Gasteiger partial charge on any atom is 0.330 e. The van der Waals surface area contributed by atoms with Crippen LogP contribution in [-0.4, -0.2) is 68.5 Å². The molecule has 1 unspecified atom stereocenters. The summed E-state index contributed by atoms with van der Waals surface area (Å²) in [6.45, 7) is 0.779. The van der Waals surface area contributed by atoms with E-state index in [-0.39, 0.29) is 51.9 Å². The highest BCUT2D eigenvalue weighted by Gasteiger charge is 2.72. The molecule has 0 heterocycles. The standard InChI is InChI=1S/C47H88N8O8S4/c1-2-3-28-37-46(64(56,57)52-42-33-24-16-8-4-12-20-29-38-48)47(65(58,59)53-43-34-25-17-9-5-13-21-30-39-49,66(60,61)54-44-35-26-18-10-6-14-22-31-40-50)67(62,63)55-45-36-27-19-11-7-15-23-32-41-51/h46,52-55H,2-37,42-45H2,1H3. The molecule has 0 rings (SSSR count). The molecule has 0 amide bonds. The molecule has 4 N–H and O–H groups in total. The Labute approximate surface area is 408 Å². The number of sulfonamides is 4. The molecule has 0 aliphatic rings. The van der Waals surface area contributed by atoms with Crippen molar-refractivity contribution in [2.45, 2.75) is 247 Å². The number of rotatable bonds is 49. The number of nitriles is 4. The Bertz CT molecular complexity index is 1740. The van der Waals surface area contributed by atoms with Crippen LogP contribution in [0.5, 0.6) is 0 Å². The van der Waals surface area contributed by atoms with Gasteiger partial charge in [-0.05, 0) is 57.8 Å². The second-order valence-corrected chi connectivity index (χ2v) is 26.3. The van der Waals surface area contributed by atoms with Crippen molar-refractivity contribution >= 4 is 40.1 Å². The van der Waals surface area contributed by atoms with E-state index in [1.807, 2.05) is 6.92 Å². The lowest BCUT2D eigenvalue weighted by Crippen LogP contribution is -2.71. The fourth-order valence-corrected chi connectivity index (χ4v) is 19.7. The number of hydrogen-bond acceptors (Lipinski definition) is 12. The molecular weight excluding hydrogens is 933 g/mol. The Morgan fingerprint density at radius 1 is 0.343 bits per heavy atom. The van der Waals surface area contributed by atoms with Gasteiger partial charge < -0.3 is 0 Å². The van der Waals surface area contributed by atoms with Crippen molar-refractivity contribution in [3.8, 4) is 24.3 Å². The Balaban J connectivity index is 6.97. The van der Waals surface area contributed by atoms with Crippen molar-refractivity contribution in [1.29, 1.82) is 21.0 Å². The summed E-state index contributed by atoms with van der Waals surface area (Å²) >= 11 is 0. The van der Waals surface area contributed by atoms with Crippen LogP contribution in [0.2, 0.25) is 0 Å². The largest absolute Gasteiger partial charge is 0.330 e. The van der Waals surface area contributed by atoms with Gasteiger partial charge in [0.25, 0.3) is 30.1 Å². The van der Waals surface area contributed by atoms with Gasteiger partial charge in [0.1, 0.15) is 5.25 Å². The zero-order valence-corrected chi connectivity index (χ0v) is 44.3. The lowest BCUT2D eigenvalue weighted by molar-refractivity contribution is 0.490. The van der Waals surface area contributed by atoms with E-state index in [9.17, 15) is 8.42 Å². The molecule has 388 valence electrons. The van der Waals surface area contributed by atoms with E-state index in [2.05, 4.69) is 43.2 Å². The van der Waals surface area contributed by atoms with Crippen molar-refractivity contribution in [2.75, 3.05) is 26.2 Å². The van der Waals surface area contributed by atoms with Crippen molar-refractivity contribution in [3.05, 3.63) is 0 Å². The molecular formula is C47H88N8O8S4. The first-order chi connectivity index (χ1) is 32.2. The van der Waals surface area contributed by atoms with Gasteiger partial charge in [0.2, 0.25) is 10.0 Å². The van der Waals surface area contributed by atoms with E-state index in [0.29, 0.717) is 70.6 Å². The van der Waals surface area contributed by atoms with Gasteiger partial charge in [0, 0.05) is 51.9 Å². The minimum absolute atomic E-state index is 0.0489. The van der Waals surface area contributed by atoms with Gasteiger partial charge in [-0.1, -0.05) is 155 Å². The summed E-state index contributed by atoms with van der Waals surface area (Å²) in [5, 5.41) is 32.7. The maximum atomic E-state index is 15.1. The minimum Gasteiger partial charge on any atom is -0.215 e. The summed E-state index contributed by atoms with van der Waals surface area (Å²) < 4.78 is 125. The molecule has 67 heavy (non-hydrogen) atoms. The predicted octanol–water partition coefficient (Wildman–Crippen LogP) is 9.84. The Morgan fingerprint density at radius 3 is 0.836 bits per heavy atom. The van der Waals surface area contributed by atoms with Crippen molar-refractivity contribution < 1.29 is 33.7 Å². The third kappa shape index (κ3) is 27.5. The molecule has 1 atom stereocenters. The predicted molar refractivity (Wildman–Crippen MR) is 269 cm³/mol. The molecule has 0 aromatic heterocycles. The molecule has 0 fully saturated rings. The summed E-state index contributed by atoms with van der Waals surface area (Å²) in [6, 6.07) is 8.50. The molecule has 0 saturated heterocycles. The second kappa shape index (κ2) is 40.3. The molecule has 0 aliphatic carbocycles. The first-order valence-corrected chi connectivity index (χ1v) is 31.6. The Hall–Kier alpha value is -2.40. The van der Waals surface area contributed by atoms with Crippen LogP contribution in [0.4, 0.5) is 0 Å². The molecule has 0 aromatic rings. The number of unbranched alkanes of at least 4 members (excludes halogenated alkanes) is 30. The fraction of sp³-hybridized carbons (Fsp3) is 0.915. The third-order valence-electron chi connectivity index (χ3n) is 12.0. The van der Waals surface area contributed by atoms with E-state index in [1.165, 1.54) is 0 Å². The molecule has 0 bridgehead atoms. The van der Waals surface area contributed by atoms with Gasteiger partial charge >= 0.3 is 3.41 Å². The first-order valence-electron chi connectivity index (χ1n) is 25.6. The lowest BCUT2D eigenvalue weighted by atomic mass is 10.1. The molecule has 20 heteroatoms. The number of nitrogens with zero attached hydrogens (tertiary/aromatic N) is 4. The quantitative estimate of drug-likeness (QED) is 0.0414. The van der Waals surface area contributed by atoms with Crippen LogP contribution in [0.15, 0.2) is 0 Å². The minimum atomic E-state index is -5.57. The van der Waals surface area contributed by atoms with Crippen LogP contribution < -0.4 is 18.9 Å². The van der Waals surface area contributed by atoms with Gasteiger partial charge in [-0.3, -0.25) is 0 Å². The first kappa shape index (κ1) is 64.6. The highest BCUT2D eigenvalue weighted by atomic mass is 32.3. The topological polar surface area (TPSA) is 280 Å². The van der Waals surface area contributed by atoms with Crippen molar-refractivity contribution in [3.63, 3.8) is 0 Å². The average Bonchev–Trinajstić information content (AvgIpc) is 3.28. The Kier molecular flexibility index (Phi) is 38.9. The van der Waals surface area contributed by atoms with Crippen LogP contribution in [0.25, 0.3) is 0 Å². The van der Waals surface area contributed by atoms with Crippen LogP contribution in [0.3, 0.4) is 0 Å². The van der Waals surface area contributed by atoms with E-state index in [1.54, 1.807) is 0 Å². The van der Waals surface area contributed by atoms with Crippen LogP contribution in [0, 0.1) is 45.3 Å². The summed E-state index contributed by atoms with van der Waals surface area (Å²) in [7, 11) is -21.7. The summed E-state index contributed by atoms with van der Waals surface area (Å²) in [5.74, 6) is 0. The third-order valence-corrected chi connectivity index (χ3v) is 23.2. The lowest BCUT2D eigenvalue weighted by Gasteiger charge is -2.38. The SMILES string of the molecule is CCCCCC(C(S(=O)(=O)NCCCCCCCCCC#N)(S(=O)(=O)NCCCCCCCCCC#N)S(=O)(=O)NCCCCCCCCCC#N)S(=O)(=O)NCCCCCCCCCC#N. The number of nitrogens with one attached hydrogen (secondary N) is 4. The van der Waals surface area contributed by atoms with Gasteiger partial charge in [-0.15, -0.1) is 0 Å². The fourth-order valence-electron chi connectivity index (χ4n) is 8.14. The molecule has 0 radical (unpaired) electrons. The highest BCUT2D eigenvalue weighted by molar-refractivity contribution is 8.25. The van der Waals surface area contributed by atoms with Crippen LogP contribution >= 0.6 is 0 Å². The molecule has 16 nitrogen and oxygen atoms in total. The van der Waals surface area contributed by atoms with Crippen LogP contribution in [0.1, 0.15) is 238 Å². The van der Waals surface area contributed by atoms with Crippen molar-refractivity contribution in [2.24, 2.45) is 0 Å². The van der Waals surface area contributed by atoms with Gasteiger partial charge in [0.15, 0.2) is 0 Å². The van der Waals surface area contributed by atoms with Gasteiger partial charge in [-0.2, -0.15) is 21.0 Å². The normalized spacial score (nSPS) is 12.9. The summed E-state index contributed by atoms with van der Waals surface area (Å²) in [5.41, 5.74) is 0.